The van der Waals surface area contributed by atoms with Crippen LogP contribution in [0.2, 0.25) is 0 Å². The first-order valence-electron chi connectivity index (χ1n) is 8.61. The van der Waals surface area contributed by atoms with Gasteiger partial charge in [-0.15, -0.1) is 0 Å². The van der Waals surface area contributed by atoms with Gasteiger partial charge < -0.3 is 10.6 Å². The van der Waals surface area contributed by atoms with Gasteiger partial charge in [-0.1, -0.05) is 61.9 Å². The minimum atomic E-state index is -0.583. The normalized spacial score (nSPS) is 13.2. The molecule has 0 heterocycles. The maximum Gasteiger partial charge on any atom is 0.251 e. The lowest BCUT2D eigenvalue weighted by Gasteiger charge is -2.24. The van der Waals surface area contributed by atoms with Crippen LogP contribution >= 0.6 is 0 Å². The van der Waals surface area contributed by atoms with Crippen LogP contribution in [0.5, 0.6) is 0 Å². The summed E-state index contributed by atoms with van der Waals surface area (Å²) in [5.74, 6) is -0.428. The fourth-order valence-electron chi connectivity index (χ4n) is 2.59. The smallest absolute Gasteiger partial charge is 0.251 e. The quantitative estimate of drug-likeness (QED) is 0.845. The summed E-state index contributed by atoms with van der Waals surface area (Å²) in [4.78, 5) is 25.0. The average molecular weight is 338 g/mol. The van der Waals surface area contributed by atoms with Crippen molar-refractivity contribution in [2.75, 3.05) is 0 Å². The van der Waals surface area contributed by atoms with Crippen molar-refractivity contribution in [2.45, 2.75) is 39.8 Å². The second-order valence-corrected chi connectivity index (χ2v) is 6.70. The van der Waals surface area contributed by atoms with Gasteiger partial charge in [0.05, 0.1) is 6.04 Å². The van der Waals surface area contributed by atoms with E-state index in [1.807, 2.05) is 58.0 Å². The number of hydrogen-bond acceptors (Lipinski definition) is 2. The average Bonchev–Trinajstić information content (AvgIpc) is 2.60. The molecule has 2 rings (SSSR count). The maximum absolute atomic E-state index is 12.7. The molecule has 0 spiro atoms. The van der Waals surface area contributed by atoms with Crippen LogP contribution in [0.15, 0.2) is 54.6 Å². The van der Waals surface area contributed by atoms with Crippen molar-refractivity contribution in [2.24, 2.45) is 5.92 Å². The molecule has 0 fully saturated rings. The van der Waals surface area contributed by atoms with E-state index in [0.717, 1.165) is 5.56 Å². The van der Waals surface area contributed by atoms with Gasteiger partial charge in [-0.2, -0.15) is 0 Å². The summed E-state index contributed by atoms with van der Waals surface area (Å²) < 4.78 is 0. The molecule has 132 valence electrons. The maximum atomic E-state index is 12.7. The molecule has 0 aliphatic carbocycles. The summed E-state index contributed by atoms with van der Waals surface area (Å²) in [6.07, 6.45) is 0. The lowest BCUT2D eigenvalue weighted by molar-refractivity contribution is -0.124. The molecule has 0 aliphatic heterocycles. The summed E-state index contributed by atoms with van der Waals surface area (Å²) in [6, 6.07) is 16.3. The molecule has 2 unspecified atom stereocenters. The van der Waals surface area contributed by atoms with Crippen LogP contribution in [0.3, 0.4) is 0 Å². The van der Waals surface area contributed by atoms with E-state index >= 15 is 0 Å². The molecule has 0 radical (unpaired) electrons. The van der Waals surface area contributed by atoms with Gasteiger partial charge in [0.15, 0.2) is 0 Å². The van der Waals surface area contributed by atoms with Gasteiger partial charge >= 0.3 is 0 Å². The largest absolute Gasteiger partial charge is 0.348 e. The lowest BCUT2D eigenvalue weighted by Crippen LogP contribution is -2.50. The van der Waals surface area contributed by atoms with Gasteiger partial charge in [0.25, 0.3) is 5.91 Å². The summed E-state index contributed by atoms with van der Waals surface area (Å²) in [6.45, 7) is 7.82. The zero-order valence-electron chi connectivity index (χ0n) is 15.2. The van der Waals surface area contributed by atoms with Crippen LogP contribution in [0.25, 0.3) is 0 Å². The Morgan fingerprint density at radius 3 is 2.00 bits per heavy atom. The second-order valence-electron chi connectivity index (χ2n) is 6.70. The number of aryl methyl sites for hydroxylation is 1. The Bertz CT molecular complexity index is 708. The summed E-state index contributed by atoms with van der Waals surface area (Å²) in [5.41, 5.74) is 2.76. The Morgan fingerprint density at radius 1 is 0.840 bits per heavy atom. The number of carbonyl (C=O) groups is 2. The molecule has 2 amide bonds. The number of rotatable bonds is 6. The third-order valence-electron chi connectivity index (χ3n) is 4.21. The van der Waals surface area contributed by atoms with Crippen molar-refractivity contribution in [1.82, 2.24) is 10.6 Å². The van der Waals surface area contributed by atoms with E-state index < -0.39 is 6.04 Å². The Kier molecular flexibility index (Phi) is 6.34. The second kappa shape index (κ2) is 8.47. The number of carbonyl (C=O) groups excluding carboxylic acids is 2. The fraction of sp³-hybridized carbons (Fsp3) is 0.333. The monoisotopic (exact) mass is 338 g/mol. The van der Waals surface area contributed by atoms with E-state index in [1.54, 1.807) is 24.3 Å². The summed E-state index contributed by atoms with van der Waals surface area (Å²) in [7, 11) is 0. The van der Waals surface area contributed by atoms with Crippen LogP contribution in [0.4, 0.5) is 0 Å². The van der Waals surface area contributed by atoms with E-state index in [9.17, 15) is 9.59 Å². The van der Waals surface area contributed by atoms with Crippen molar-refractivity contribution in [1.29, 1.82) is 0 Å². The highest BCUT2D eigenvalue weighted by Gasteiger charge is 2.25. The van der Waals surface area contributed by atoms with Crippen molar-refractivity contribution < 1.29 is 9.59 Å². The molecule has 4 nitrogen and oxygen atoms in total. The van der Waals surface area contributed by atoms with Gasteiger partial charge in [-0.3, -0.25) is 9.59 Å². The highest BCUT2D eigenvalue weighted by Crippen LogP contribution is 2.14. The van der Waals surface area contributed by atoms with Gasteiger partial charge in [-0.05, 0) is 37.5 Å². The predicted octanol–water partition coefficient (Wildman–Crippen LogP) is 3.63. The van der Waals surface area contributed by atoms with Gasteiger partial charge in [0.2, 0.25) is 5.91 Å². The number of nitrogens with one attached hydrogen (secondary N) is 2. The molecular formula is C21H26N2O2. The minimum absolute atomic E-state index is 0.0159. The third kappa shape index (κ3) is 5.18. The first kappa shape index (κ1) is 18.7. The molecule has 2 aromatic rings. The summed E-state index contributed by atoms with van der Waals surface area (Å²) in [5, 5.41) is 5.85. The highest BCUT2D eigenvalue weighted by molar-refractivity contribution is 5.97. The van der Waals surface area contributed by atoms with Crippen LogP contribution in [0, 0.1) is 12.8 Å². The molecular weight excluding hydrogens is 312 g/mol. The molecule has 25 heavy (non-hydrogen) atoms. The van der Waals surface area contributed by atoms with Crippen molar-refractivity contribution in [3.8, 4) is 0 Å². The van der Waals surface area contributed by atoms with E-state index in [-0.39, 0.29) is 23.8 Å². The molecule has 0 aliphatic rings. The third-order valence-corrected chi connectivity index (χ3v) is 4.21. The fourth-order valence-corrected chi connectivity index (χ4v) is 2.59. The van der Waals surface area contributed by atoms with Crippen LogP contribution < -0.4 is 10.6 Å². The van der Waals surface area contributed by atoms with Crippen molar-refractivity contribution in [3.63, 3.8) is 0 Å². The van der Waals surface area contributed by atoms with E-state index in [1.165, 1.54) is 5.56 Å². The lowest BCUT2D eigenvalue weighted by atomic mass is 10.0. The standard InChI is InChI=1S/C21H26N2O2/c1-14(2)19(23-20(24)18-8-6-5-7-9-18)21(25)22-16(4)17-12-10-15(3)11-13-17/h5-14,16,19H,1-4H3,(H,22,25)(H,23,24). The van der Waals surface area contributed by atoms with Crippen molar-refractivity contribution >= 4 is 11.8 Å². The Balaban J connectivity index is 2.05. The number of amides is 2. The molecule has 4 heteroatoms. The molecule has 0 bridgehead atoms. The first-order chi connectivity index (χ1) is 11.9. The van der Waals surface area contributed by atoms with E-state index in [2.05, 4.69) is 10.6 Å². The van der Waals surface area contributed by atoms with Crippen molar-refractivity contribution in [3.05, 3.63) is 71.3 Å². The van der Waals surface area contributed by atoms with E-state index in [4.69, 9.17) is 0 Å². The van der Waals surface area contributed by atoms with Crippen LogP contribution in [-0.2, 0) is 4.79 Å². The van der Waals surface area contributed by atoms with Gasteiger partial charge in [0.1, 0.15) is 6.04 Å². The molecule has 2 atom stereocenters. The van der Waals surface area contributed by atoms with E-state index in [0.29, 0.717) is 5.56 Å². The van der Waals surface area contributed by atoms with Crippen LogP contribution in [-0.4, -0.2) is 17.9 Å². The first-order valence-corrected chi connectivity index (χ1v) is 8.61. The zero-order chi connectivity index (χ0) is 18.4. The molecule has 0 saturated heterocycles. The Labute approximate surface area is 149 Å². The Morgan fingerprint density at radius 2 is 1.44 bits per heavy atom. The summed E-state index contributed by atoms with van der Waals surface area (Å²) >= 11 is 0. The SMILES string of the molecule is Cc1ccc(C(C)NC(=O)C(NC(=O)c2ccccc2)C(C)C)cc1. The minimum Gasteiger partial charge on any atom is -0.348 e. The topological polar surface area (TPSA) is 58.2 Å². The number of benzene rings is 2. The van der Waals surface area contributed by atoms with Gasteiger partial charge in [-0.25, -0.2) is 0 Å². The number of hydrogen-bond donors (Lipinski definition) is 2. The van der Waals surface area contributed by atoms with Gasteiger partial charge in [0, 0.05) is 5.56 Å². The molecule has 0 aromatic heterocycles. The molecule has 2 aromatic carbocycles. The molecule has 0 saturated carbocycles. The molecule has 2 N–H and O–H groups in total. The predicted molar refractivity (Wildman–Crippen MR) is 100 cm³/mol. The van der Waals surface area contributed by atoms with Crippen LogP contribution in [0.1, 0.15) is 48.3 Å². The Hall–Kier alpha value is -2.62. The highest BCUT2D eigenvalue weighted by atomic mass is 16.2. The zero-order valence-corrected chi connectivity index (χ0v) is 15.2.